The third kappa shape index (κ3) is 4.53. The largest absolute Gasteiger partial charge is 0.483 e. The number of carbonyl (C=O) groups is 1. The van der Waals surface area contributed by atoms with Crippen molar-refractivity contribution in [2.45, 2.75) is 0 Å². The predicted octanol–water partition coefficient (Wildman–Crippen LogP) is 5.68. The summed E-state index contributed by atoms with van der Waals surface area (Å²) in [5.74, 6) is 0.346. The van der Waals surface area contributed by atoms with E-state index in [-0.39, 0.29) is 12.5 Å². The molecule has 3 rings (SSSR count). The van der Waals surface area contributed by atoms with Crippen LogP contribution in [0.3, 0.4) is 0 Å². The van der Waals surface area contributed by atoms with Crippen LogP contribution in [0.4, 0.5) is 5.69 Å². The van der Waals surface area contributed by atoms with Gasteiger partial charge in [-0.05, 0) is 29.8 Å². The zero-order chi connectivity index (χ0) is 17.6. The molecule has 1 N–H and O–H groups in total. The van der Waals surface area contributed by atoms with Gasteiger partial charge in [0, 0.05) is 10.6 Å². The number of nitrogens with one attached hydrogen (secondary N) is 1. The van der Waals surface area contributed by atoms with Crippen molar-refractivity contribution in [1.82, 2.24) is 0 Å². The Hall–Kier alpha value is -2.49. The molecule has 5 heteroatoms. The van der Waals surface area contributed by atoms with Crippen molar-refractivity contribution >= 4 is 34.8 Å². The Kier molecular flexibility index (Phi) is 5.59. The molecule has 0 aliphatic carbocycles. The van der Waals surface area contributed by atoms with Crippen LogP contribution in [-0.4, -0.2) is 12.5 Å². The quantitative estimate of drug-likeness (QED) is 0.626. The van der Waals surface area contributed by atoms with Crippen LogP contribution < -0.4 is 10.1 Å². The Labute approximate surface area is 156 Å². The van der Waals surface area contributed by atoms with Gasteiger partial charge in [-0.15, -0.1) is 0 Å². The first-order valence-corrected chi connectivity index (χ1v) is 8.41. The summed E-state index contributed by atoms with van der Waals surface area (Å²) in [7, 11) is 0. The van der Waals surface area contributed by atoms with Crippen molar-refractivity contribution in [3.05, 3.63) is 82.8 Å². The van der Waals surface area contributed by atoms with E-state index in [9.17, 15) is 4.79 Å². The smallest absolute Gasteiger partial charge is 0.262 e. The highest BCUT2D eigenvalue weighted by molar-refractivity contribution is 6.36. The molecule has 0 fully saturated rings. The van der Waals surface area contributed by atoms with Crippen LogP contribution in [0.1, 0.15) is 0 Å². The lowest BCUT2D eigenvalue weighted by molar-refractivity contribution is -0.118. The van der Waals surface area contributed by atoms with Crippen LogP contribution >= 0.6 is 23.2 Å². The molecule has 0 aliphatic heterocycles. The van der Waals surface area contributed by atoms with Crippen LogP contribution in [0, 0.1) is 0 Å². The maximum atomic E-state index is 12.1. The van der Waals surface area contributed by atoms with Gasteiger partial charge in [0.05, 0.1) is 10.7 Å². The number of carbonyl (C=O) groups excluding carboxylic acids is 1. The average molecular weight is 372 g/mol. The standard InChI is InChI=1S/C20H15Cl2NO2/c21-15-10-11-18(17(22)12-15)23-20(24)13-25-19-9-5-4-8-16(19)14-6-2-1-3-7-14/h1-12H,13H2,(H,23,24). The Morgan fingerprint density at radius 1 is 0.920 bits per heavy atom. The van der Waals surface area contributed by atoms with Crippen LogP contribution in [-0.2, 0) is 4.79 Å². The number of para-hydroxylation sites is 1. The van der Waals surface area contributed by atoms with Crippen molar-refractivity contribution in [2.24, 2.45) is 0 Å². The minimum Gasteiger partial charge on any atom is -0.483 e. The van der Waals surface area contributed by atoms with Gasteiger partial charge in [0.1, 0.15) is 5.75 Å². The molecule has 3 nitrogen and oxygen atoms in total. The highest BCUT2D eigenvalue weighted by atomic mass is 35.5. The number of anilines is 1. The first kappa shape index (κ1) is 17.3. The van der Waals surface area contributed by atoms with E-state index >= 15 is 0 Å². The van der Waals surface area contributed by atoms with Crippen LogP contribution in [0.15, 0.2) is 72.8 Å². The molecule has 0 unspecified atom stereocenters. The lowest BCUT2D eigenvalue weighted by Crippen LogP contribution is -2.20. The van der Waals surface area contributed by atoms with Crippen molar-refractivity contribution in [3.63, 3.8) is 0 Å². The summed E-state index contributed by atoms with van der Waals surface area (Å²) in [5.41, 5.74) is 2.45. The fraction of sp³-hybridized carbons (Fsp3) is 0.0500. The molecule has 1 amide bonds. The van der Waals surface area contributed by atoms with Gasteiger partial charge >= 0.3 is 0 Å². The Balaban J connectivity index is 1.69. The van der Waals surface area contributed by atoms with Gasteiger partial charge in [-0.3, -0.25) is 4.79 Å². The SMILES string of the molecule is O=C(COc1ccccc1-c1ccccc1)Nc1ccc(Cl)cc1Cl. The molecule has 0 spiro atoms. The first-order chi connectivity index (χ1) is 12.1. The number of hydrogen-bond donors (Lipinski definition) is 1. The van der Waals surface area contributed by atoms with E-state index in [2.05, 4.69) is 5.32 Å². The summed E-state index contributed by atoms with van der Waals surface area (Å²) >= 11 is 11.9. The zero-order valence-corrected chi connectivity index (χ0v) is 14.7. The number of benzene rings is 3. The summed E-state index contributed by atoms with van der Waals surface area (Å²) in [4.78, 5) is 12.1. The van der Waals surface area contributed by atoms with Crippen LogP contribution in [0.25, 0.3) is 11.1 Å². The van der Waals surface area contributed by atoms with E-state index in [1.54, 1.807) is 18.2 Å². The molecule has 126 valence electrons. The Bertz CT molecular complexity index is 882. The highest BCUT2D eigenvalue weighted by Crippen LogP contribution is 2.29. The second-order valence-electron chi connectivity index (χ2n) is 5.32. The number of ether oxygens (including phenoxy) is 1. The van der Waals surface area contributed by atoms with Crippen molar-refractivity contribution in [2.75, 3.05) is 11.9 Å². The third-order valence-corrected chi connectivity index (χ3v) is 4.08. The number of halogens is 2. The third-order valence-electron chi connectivity index (χ3n) is 3.54. The van der Waals surface area contributed by atoms with Gasteiger partial charge in [0.25, 0.3) is 5.91 Å². The molecule has 0 heterocycles. The summed E-state index contributed by atoms with van der Waals surface area (Å²) < 4.78 is 5.71. The Morgan fingerprint density at radius 3 is 2.40 bits per heavy atom. The fourth-order valence-corrected chi connectivity index (χ4v) is 2.82. The summed E-state index contributed by atoms with van der Waals surface area (Å²) in [5, 5.41) is 3.60. The van der Waals surface area contributed by atoms with Gasteiger partial charge in [0.2, 0.25) is 0 Å². The minimum absolute atomic E-state index is 0.122. The van der Waals surface area contributed by atoms with E-state index in [1.807, 2.05) is 54.6 Å². The lowest BCUT2D eigenvalue weighted by atomic mass is 10.1. The first-order valence-electron chi connectivity index (χ1n) is 7.65. The molecule has 0 saturated carbocycles. The van der Waals surface area contributed by atoms with Crippen molar-refractivity contribution in [1.29, 1.82) is 0 Å². The van der Waals surface area contributed by atoms with Gasteiger partial charge in [-0.2, -0.15) is 0 Å². The van der Waals surface area contributed by atoms with Crippen LogP contribution in [0.5, 0.6) is 5.75 Å². The zero-order valence-electron chi connectivity index (χ0n) is 13.2. The van der Waals surface area contributed by atoms with Gasteiger partial charge in [-0.25, -0.2) is 0 Å². The molecule has 3 aromatic rings. The van der Waals surface area contributed by atoms with Crippen LogP contribution in [0.2, 0.25) is 10.0 Å². The van der Waals surface area contributed by atoms with Crippen molar-refractivity contribution in [3.8, 4) is 16.9 Å². The average Bonchev–Trinajstić information content (AvgIpc) is 2.63. The molecule has 0 radical (unpaired) electrons. The number of rotatable bonds is 5. The van der Waals surface area contributed by atoms with Gasteiger partial charge in [-0.1, -0.05) is 71.7 Å². The highest BCUT2D eigenvalue weighted by Gasteiger charge is 2.10. The van der Waals surface area contributed by atoms with E-state index in [0.717, 1.165) is 11.1 Å². The topological polar surface area (TPSA) is 38.3 Å². The molecular weight excluding hydrogens is 357 g/mol. The summed E-state index contributed by atoms with van der Waals surface area (Å²) in [6, 6.07) is 22.4. The normalized spacial score (nSPS) is 10.3. The number of amides is 1. The summed E-state index contributed by atoms with van der Waals surface area (Å²) in [6.45, 7) is -0.122. The molecule has 0 aromatic heterocycles. The van der Waals surface area contributed by atoms with E-state index < -0.39 is 0 Å². The lowest BCUT2D eigenvalue weighted by Gasteiger charge is -2.12. The second-order valence-corrected chi connectivity index (χ2v) is 6.17. The second kappa shape index (κ2) is 8.06. The molecule has 25 heavy (non-hydrogen) atoms. The Morgan fingerprint density at radius 2 is 1.64 bits per heavy atom. The molecule has 0 saturated heterocycles. The molecule has 0 atom stereocenters. The molecular formula is C20H15Cl2NO2. The monoisotopic (exact) mass is 371 g/mol. The van der Waals surface area contributed by atoms with E-state index in [1.165, 1.54) is 0 Å². The van der Waals surface area contributed by atoms with E-state index in [0.29, 0.717) is 21.5 Å². The molecule has 0 aliphatic rings. The van der Waals surface area contributed by atoms with E-state index in [4.69, 9.17) is 27.9 Å². The molecule has 0 bridgehead atoms. The van der Waals surface area contributed by atoms with Gasteiger partial charge in [0.15, 0.2) is 6.61 Å². The predicted molar refractivity (Wildman–Crippen MR) is 102 cm³/mol. The van der Waals surface area contributed by atoms with Gasteiger partial charge < -0.3 is 10.1 Å². The number of hydrogen-bond acceptors (Lipinski definition) is 2. The maximum absolute atomic E-state index is 12.1. The molecule has 3 aromatic carbocycles. The summed E-state index contributed by atoms with van der Waals surface area (Å²) in [6.07, 6.45) is 0. The maximum Gasteiger partial charge on any atom is 0.262 e. The minimum atomic E-state index is -0.299. The van der Waals surface area contributed by atoms with Crippen molar-refractivity contribution < 1.29 is 9.53 Å². The fourth-order valence-electron chi connectivity index (χ4n) is 2.37.